The number of non-ortho nitro benzene ring substituents is 1. The number of sulfonamides is 1. The number of hydrogen-bond donors (Lipinski definition) is 2. The van der Waals surface area contributed by atoms with Crippen molar-refractivity contribution >= 4 is 15.7 Å². The van der Waals surface area contributed by atoms with Crippen molar-refractivity contribution < 1.29 is 18.4 Å². The molecule has 0 aliphatic heterocycles. The van der Waals surface area contributed by atoms with Crippen LogP contribution in [-0.2, 0) is 10.0 Å². The van der Waals surface area contributed by atoms with Gasteiger partial charge < -0.3 is 5.11 Å². The highest BCUT2D eigenvalue weighted by molar-refractivity contribution is 7.89. The first kappa shape index (κ1) is 13.9. The molecule has 104 valence electrons. The normalized spacial score (nSPS) is 17.2. The molecule has 1 aliphatic carbocycles. The Labute approximate surface area is 110 Å². The number of aryl methyl sites for hydroxylation is 1. The summed E-state index contributed by atoms with van der Waals surface area (Å²) >= 11 is 0. The van der Waals surface area contributed by atoms with E-state index in [4.69, 9.17) is 5.11 Å². The van der Waals surface area contributed by atoms with Crippen molar-refractivity contribution in [3.63, 3.8) is 0 Å². The molecule has 2 rings (SSSR count). The van der Waals surface area contributed by atoms with Crippen molar-refractivity contribution in [3.05, 3.63) is 33.9 Å². The SMILES string of the molecule is Cc1cc([N+](=O)[O-])ccc1S(=O)(=O)NC1(CO)CC1. The average Bonchev–Trinajstić information content (AvgIpc) is 3.08. The summed E-state index contributed by atoms with van der Waals surface area (Å²) in [6.07, 6.45) is 1.18. The van der Waals surface area contributed by atoms with Gasteiger partial charge in [0.15, 0.2) is 0 Å². The maximum Gasteiger partial charge on any atom is 0.269 e. The highest BCUT2D eigenvalue weighted by atomic mass is 32.2. The van der Waals surface area contributed by atoms with Gasteiger partial charge in [0.2, 0.25) is 10.0 Å². The van der Waals surface area contributed by atoms with Gasteiger partial charge in [-0.3, -0.25) is 10.1 Å². The van der Waals surface area contributed by atoms with Crippen LogP contribution in [-0.4, -0.2) is 30.6 Å². The molecule has 0 aromatic heterocycles. The molecule has 1 fully saturated rings. The van der Waals surface area contributed by atoms with Crippen LogP contribution < -0.4 is 4.72 Å². The predicted molar refractivity (Wildman–Crippen MR) is 67.2 cm³/mol. The number of aliphatic hydroxyl groups excluding tert-OH is 1. The molecule has 0 saturated heterocycles. The minimum Gasteiger partial charge on any atom is -0.394 e. The van der Waals surface area contributed by atoms with Crippen LogP contribution >= 0.6 is 0 Å². The molecule has 0 radical (unpaired) electrons. The summed E-state index contributed by atoms with van der Waals surface area (Å²) in [6.45, 7) is 1.25. The molecule has 1 aliphatic rings. The standard InChI is InChI=1S/C11H14N2O5S/c1-8-6-9(13(15)16)2-3-10(8)19(17,18)12-11(7-14)4-5-11/h2-3,6,12,14H,4-5,7H2,1H3. The van der Waals surface area contributed by atoms with Gasteiger partial charge in [0.25, 0.3) is 5.69 Å². The van der Waals surface area contributed by atoms with E-state index in [0.29, 0.717) is 18.4 Å². The second-order valence-electron chi connectivity index (χ2n) is 4.75. The molecule has 0 heterocycles. The Bertz CT molecular complexity index is 622. The highest BCUT2D eigenvalue weighted by Gasteiger charge is 2.45. The molecule has 0 spiro atoms. The molecule has 1 saturated carbocycles. The van der Waals surface area contributed by atoms with Gasteiger partial charge in [0.05, 0.1) is 22.0 Å². The van der Waals surface area contributed by atoms with Crippen LogP contribution in [0.25, 0.3) is 0 Å². The fourth-order valence-electron chi connectivity index (χ4n) is 1.83. The van der Waals surface area contributed by atoms with Gasteiger partial charge in [0.1, 0.15) is 0 Å². The molecule has 1 aromatic rings. The van der Waals surface area contributed by atoms with Gasteiger partial charge in [-0.05, 0) is 31.4 Å². The molecule has 0 unspecified atom stereocenters. The topological polar surface area (TPSA) is 110 Å². The van der Waals surface area contributed by atoms with E-state index in [-0.39, 0.29) is 17.2 Å². The van der Waals surface area contributed by atoms with E-state index in [0.717, 1.165) is 6.07 Å². The van der Waals surface area contributed by atoms with Crippen molar-refractivity contribution in [2.24, 2.45) is 0 Å². The van der Waals surface area contributed by atoms with Crippen LogP contribution in [0.2, 0.25) is 0 Å². The maximum atomic E-state index is 12.2. The molecular weight excluding hydrogens is 272 g/mol. The Balaban J connectivity index is 2.33. The number of aliphatic hydroxyl groups is 1. The Morgan fingerprint density at radius 3 is 2.53 bits per heavy atom. The summed E-state index contributed by atoms with van der Waals surface area (Å²) in [4.78, 5) is 10.0. The van der Waals surface area contributed by atoms with Gasteiger partial charge in [-0.25, -0.2) is 13.1 Å². The van der Waals surface area contributed by atoms with E-state index in [9.17, 15) is 18.5 Å². The van der Waals surface area contributed by atoms with Crippen LogP contribution in [0.3, 0.4) is 0 Å². The smallest absolute Gasteiger partial charge is 0.269 e. The lowest BCUT2D eigenvalue weighted by atomic mass is 10.2. The monoisotopic (exact) mass is 286 g/mol. The fourth-order valence-corrected chi connectivity index (χ4v) is 3.51. The third kappa shape index (κ3) is 2.75. The van der Waals surface area contributed by atoms with Crippen molar-refractivity contribution in [1.82, 2.24) is 4.72 Å². The van der Waals surface area contributed by atoms with Crippen LogP contribution in [0.5, 0.6) is 0 Å². The molecular formula is C11H14N2O5S. The van der Waals surface area contributed by atoms with Crippen LogP contribution in [0.1, 0.15) is 18.4 Å². The zero-order valence-electron chi connectivity index (χ0n) is 10.3. The van der Waals surface area contributed by atoms with Gasteiger partial charge in [0, 0.05) is 12.1 Å². The van der Waals surface area contributed by atoms with E-state index in [1.54, 1.807) is 0 Å². The Morgan fingerprint density at radius 1 is 1.47 bits per heavy atom. The molecule has 8 heteroatoms. The lowest BCUT2D eigenvalue weighted by Gasteiger charge is -2.15. The third-order valence-electron chi connectivity index (χ3n) is 3.17. The number of nitrogens with one attached hydrogen (secondary N) is 1. The average molecular weight is 286 g/mol. The quantitative estimate of drug-likeness (QED) is 0.612. The van der Waals surface area contributed by atoms with E-state index < -0.39 is 20.5 Å². The number of nitrogens with zero attached hydrogens (tertiary/aromatic N) is 1. The van der Waals surface area contributed by atoms with Gasteiger partial charge in [-0.1, -0.05) is 0 Å². The second kappa shape index (κ2) is 4.55. The Hall–Kier alpha value is -1.51. The van der Waals surface area contributed by atoms with Gasteiger partial charge >= 0.3 is 0 Å². The van der Waals surface area contributed by atoms with E-state index >= 15 is 0 Å². The Morgan fingerprint density at radius 2 is 2.11 bits per heavy atom. The largest absolute Gasteiger partial charge is 0.394 e. The summed E-state index contributed by atoms with van der Waals surface area (Å²) in [5.74, 6) is 0. The number of benzene rings is 1. The van der Waals surface area contributed by atoms with Crippen molar-refractivity contribution in [2.75, 3.05) is 6.61 Å². The summed E-state index contributed by atoms with van der Waals surface area (Å²) in [6, 6.07) is 3.58. The van der Waals surface area contributed by atoms with Crippen molar-refractivity contribution in [3.8, 4) is 0 Å². The first-order valence-electron chi connectivity index (χ1n) is 5.70. The molecule has 0 amide bonds. The number of rotatable bonds is 5. The molecule has 0 atom stereocenters. The predicted octanol–water partition coefficient (Wildman–Crippen LogP) is 0.706. The van der Waals surface area contributed by atoms with Crippen molar-refractivity contribution in [1.29, 1.82) is 0 Å². The molecule has 2 N–H and O–H groups in total. The first-order valence-corrected chi connectivity index (χ1v) is 7.18. The van der Waals surface area contributed by atoms with Gasteiger partial charge in [-0.15, -0.1) is 0 Å². The van der Waals surface area contributed by atoms with E-state index in [1.165, 1.54) is 19.1 Å². The zero-order valence-corrected chi connectivity index (χ0v) is 11.1. The molecule has 1 aromatic carbocycles. The number of nitro benzene ring substituents is 1. The lowest BCUT2D eigenvalue weighted by Crippen LogP contribution is -2.39. The van der Waals surface area contributed by atoms with Crippen LogP contribution in [0.4, 0.5) is 5.69 Å². The third-order valence-corrected chi connectivity index (χ3v) is 4.90. The summed E-state index contributed by atoms with van der Waals surface area (Å²) in [5, 5.41) is 19.7. The van der Waals surface area contributed by atoms with E-state index in [1.807, 2.05) is 0 Å². The summed E-state index contributed by atoms with van der Waals surface area (Å²) < 4.78 is 26.8. The fraction of sp³-hybridized carbons (Fsp3) is 0.455. The van der Waals surface area contributed by atoms with Crippen molar-refractivity contribution in [2.45, 2.75) is 30.2 Å². The highest BCUT2D eigenvalue weighted by Crippen LogP contribution is 2.36. The minimum atomic E-state index is -3.77. The maximum absolute atomic E-state index is 12.2. The summed E-state index contributed by atoms with van der Waals surface area (Å²) in [7, 11) is -3.77. The first-order chi connectivity index (χ1) is 8.80. The van der Waals surface area contributed by atoms with Crippen LogP contribution in [0, 0.1) is 17.0 Å². The molecule has 0 bridgehead atoms. The molecule has 7 nitrogen and oxygen atoms in total. The summed E-state index contributed by atoms with van der Waals surface area (Å²) in [5.41, 5.74) is -0.609. The van der Waals surface area contributed by atoms with E-state index in [2.05, 4.69) is 4.72 Å². The molecule has 19 heavy (non-hydrogen) atoms. The second-order valence-corrected chi connectivity index (χ2v) is 6.40. The minimum absolute atomic E-state index is 0.00201. The number of hydrogen-bond acceptors (Lipinski definition) is 5. The number of nitro groups is 1. The zero-order chi connectivity index (χ0) is 14.3. The lowest BCUT2D eigenvalue weighted by molar-refractivity contribution is -0.385. The Kier molecular flexibility index (Phi) is 3.33. The van der Waals surface area contributed by atoms with Crippen LogP contribution in [0.15, 0.2) is 23.1 Å². The van der Waals surface area contributed by atoms with Gasteiger partial charge in [-0.2, -0.15) is 0 Å².